The standard InChI is InChI=1S/C16H18N2O3/c17-12-4-1-10(9-12)14(19)18-13-5-2-11(3-6-13)16(7-8-16)15(20)21/h1-6,10,12H,7-9,17H2,(H,18,19)(H,20,21). The maximum absolute atomic E-state index is 12.1. The van der Waals surface area contributed by atoms with Crippen molar-refractivity contribution in [2.45, 2.75) is 30.7 Å². The molecular weight excluding hydrogens is 268 g/mol. The molecule has 1 amide bonds. The monoisotopic (exact) mass is 286 g/mol. The van der Waals surface area contributed by atoms with Gasteiger partial charge in [-0.3, -0.25) is 9.59 Å². The molecule has 21 heavy (non-hydrogen) atoms. The maximum atomic E-state index is 12.1. The zero-order valence-corrected chi connectivity index (χ0v) is 11.6. The summed E-state index contributed by atoms with van der Waals surface area (Å²) in [6.45, 7) is 0. The maximum Gasteiger partial charge on any atom is 0.314 e. The average Bonchev–Trinajstić information content (AvgIpc) is 3.16. The number of aliphatic carboxylic acids is 1. The number of carboxylic acid groups (broad SMARTS) is 1. The van der Waals surface area contributed by atoms with E-state index in [2.05, 4.69) is 5.32 Å². The van der Waals surface area contributed by atoms with Crippen molar-refractivity contribution >= 4 is 17.6 Å². The molecule has 1 saturated carbocycles. The van der Waals surface area contributed by atoms with Crippen molar-refractivity contribution in [3.8, 4) is 0 Å². The number of amides is 1. The SMILES string of the molecule is NC1C=CC(C(=O)Nc2ccc(C3(C(=O)O)CC3)cc2)C1. The van der Waals surface area contributed by atoms with Crippen LogP contribution in [0.15, 0.2) is 36.4 Å². The summed E-state index contributed by atoms with van der Waals surface area (Å²) in [7, 11) is 0. The van der Waals surface area contributed by atoms with Crippen molar-refractivity contribution in [3.63, 3.8) is 0 Å². The van der Waals surface area contributed by atoms with E-state index in [0.29, 0.717) is 24.9 Å². The van der Waals surface area contributed by atoms with Crippen LogP contribution in [0.2, 0.25) is 0 Å². The molecule has 5 heteroatoms. The Morgan fingerprint density at radius 2 is 1.86 bits per heavy atom. The molecule has 0 heterocycles. The van der Waals surface area contributed by atoms with E-state index in [1.807, 2.05) is 12.2 Å². The van der Waals surface area contributed by atoms with Crippen molar-refractivity contribution in [2.75, 3.05) is 5.32 Å². The summed E-state index contributed by atoms with van der Waals surface area (Å²) < 4.78 is 0. The number of hydrogen-bond donors (Lipinski definition) is 3. The lowest BCUT2D eigenvalue weighted by molar-refractivity contribution is -0.140. The molecule has 4 N–H and O–H groups in total. The number of carbonyl (C=O) groups is 2. The summed E-state index contributed by atoms with van der Waals surface area (Å²) in [5.74, 6) is -1.04. The summed E-state index contributed by atoms with van der Waals surface area (Å²) >= 11 is 0. The van der Waals surface area contributed by atoms with E-state index >= 15 is 0 Å². The van der Waals surface area contributed by atoms with Crippen LogP contribution in [0.25, 0.3) is 0 Å². The number of carbonyl (C=O) groups excluding carboxylic acids is 1. The van der Waals surface area contributed by atoms with Crippen LogP contribution < -0.4 is 11.1 Å². The second-order valence-electron chi connectivity index (χ2n) is 5.84. The van der Waals surface area contributed by atoms with Gasteiger partial charge in [-0.25, -0.2) is 0 Å². The van der Waals surface area contributed by atoms with Crippen LogP contribution in [0, 0.1) is 5.92 Å². The highest BCUT2D eigenvalue weighted by molar-refractivity contribution is 5.94. The quantitative estimate of drug-likeness (QED) is 0.734. The number of benzene rings is 1. The molecule has 110 valence electrons. The van der Waals surface area contributed by atoms with Crippen LogP contribution in [0.1, 0.15) is 24.8 Å². The molecule has 1 aromatic rings. The van der Waals surface area contributed by atoms with Crippen LogP contribution in [0.5, 0.6) is 0 Å². The molecule has 0 spiro atoms. The third-order valence-corrected chi connectivity index (χ3v) is 4.32. The predicted octanol–water partition coefficient (Wildman–Crippen LogP) is 1.64. The third-order valence-electron chi connectivity index (χ3n) is 4.32. The van der Waals surface area contributed by atoms with Crippen molar-refractivity contribution in [3.05, 3.63) is 42.0 Å². The van der Waals surface area contributed by atoms with Crippen LogP contribution in [0.3, 0.4) is 0 Å². The third kappa shape index (κ3) is 2.56. The van der Waals surface area contributed by atoms with Crippen LogP contribution in [-0.2, 0) is 15.0 Å². The lowest BCUT2D eigenvalue weighted by Gasteiger charge is -2.13. The predicted molar refractivity (Wildman–Crippen MR) is 78.8 cm³/mol. The molecule has 0 aliphatic heterocycles. The van der Waals surface area contributed by atoms with E-state index in [-0.39, 0.29) is 17.9 Å². The van der Waals surface area contributed by atoms with Gasteiger partial charge in [0.25, 0.3) is 0 Å². The molecule has 1 aromatic carbocycles. The minimum absolute atomic E-state index is 0.0478. The Bertz CT molecular complexity index is 602. The molecule has 0 saturated heterocycles. The molecule has 1 fully saturated rings. The van der Waals surface area contributed by atoms with Crippen LogP contribution in [0.4, 0.5) is 5.69 Å². The zero-order valence-electron chi connectivity index (χ0n) is 11.6. The van der Waals surface area contributed by atoms with Gasteiger partial charge in [-0.05, 0) is 37.0 Å². The number of anilines is 1. The first-order chi connectivity index (χ1) is 10.0. The summed E-state index contributed by atoms with van der Waals surface area (Å²) in [6.07, 6.45) is 5.67. The van der Waals surface area contributed by atoms with E-state index in [1.165, 1.54) is 0 Å². The van der Waals surface area contributed by atoms with E-state index in [9.17, 15) is 14.7 Å². The highest BCUT2D eigenvalue weighted by atomic mass is 16.4. The molecule has 0 radical (unpaired) electrons. The number of nitrogens with one attached hydrogen (secondary N) is 1. The van der Waals surface area contributed by atoms with Gasteiger partial charge in [0, 0.05) is 11.7 Å². The van der Waals surface area contributed by atoms with Gasteiger partial charge in [-0.15, -0.1) is 0 Å². The molecule has 0 bridgehead atoms. The van der Waals surface area contributed by atoms with Crippen molar-refractivity contribution in [1.82, 2.24) is 0 Å². The van der Waals surface area contributed by atoms with Gasteiger partial charge in [0.2, 0.25) is 5.91 Å². The van der Waals surface area contributed by atoms with E-state index in [1.54, 1.807) is 24.3 Å². The number of nitrogens with two attached hydrogens (primary N) is 1. The minimum Gasteiger partial charge on any atom is -0.481 e. The van der Waals surface area contributed by atoms with Gasteiger partial charge < -0.3 is 16.2 Å². The first-order valence-electron chi connectivity index (χ1n) is 7.10. The summed E-state index contributed by atoms with van der Waals surface area (Å²) in [6, 6.07) is 7.04. The average molecular weight is 286 g/mol. The smallest absolute Gasteiger partial charge is 0.314 e. The molecule has 5 nitrogen and oxygen atoms in total. The number of carboxylic acids is 1. The molecule has 2 unspecified atom stereocenters. The Labute approximate surface area is 122 Å². The fraction of sp³-hybridized carbons (Fsp3) is 0.375. The number of hydrogen-bond acceptors (Lipinski definition) is 3. The Balaban J connectivity index is 1.67. The second-order valence-corrected chi connectivity index (χ2v) is 5.84. The lowest BCUT2D eigenvalue weighted by atomic mass is 9.96. The van der Waals surface area contributed by atoms with Gasteiger partial charge in [-0.1, -0.05) is 24.3 Å². The fourth-order valence-corrected chi connectivity index (χ4v) is 2.78. The van der Waals surface area contributed by atoms with E-state index < -0.39 is 11.4 Å². The summed E-state index contributed by atoms with van der Waals surface area (Å²) in [4.78, 5) is 23.3. The lowest BCUT2D eigenvalue weighted by Crippen LogP contribution is -2.24. The molecule has 2 atom stereocenters. The topological polar surface area (TPSA) is 92.4 Å². The van der Waals surface area contributed by atoms with Gasteiger partial charge >= 0.3 is 5.97 Å². The van der Waals surface area contributed by atoms with Crippen molar-refractivity contribution in [1.29, 1.82) is 0 Å². The fourth-order valence-electron chi connectivity index (χ4n) is 2.78. The summed E-state index contributed by atoms with van der Waals surface area (Å²) in [5, 5.41) is 12.1. The van der Waals surface area contributed by atoms with Crippen molar-refractivity contribution in [2.24, 2.45) is 11.7 Å². The van der Waals surface area contributed by atoms with Crippen LogP contribution in [-0.4, -0.2) is 23.0 Å². The highest BCUT2D eigenvalue weighted by Crippen LogP contribution is 2.48. The Kier molecular flexibility index (Phi) is 3.29. The van der Waals surface area contributed by atoms with E-state index in [4.69, 9.17) is 5.73 Å². The Morgan fingerprint density at radius 3 is 2.33 bits per heavy atom. The van der Waals surface area contributed by atoms with Gasteiger partial charge in [0.1, 0.15) is 0 Å². The van der Waals surface area contributed by atoms with Gasteiger partial charge in [-0.2, -0.15) is 0 Å². The molecule has 0 aromatic heterocycles. The molecular formula is C16H18N2O3. The first kappa shape index (κ1) is 13.8. The number of rotatable bonds is 4. The highest BCUT2D eigenvalue weighted by Gasteiger charge is 2.51. The summed E-state index contributed by atoms with van der Waals surface area (Å²) in [5.41, 5.74) is 6.51. The zero-order chi connectivity index (χ0) is 15.0. The largest absolute Gasteiger partial charge is 0.481 e. The molecule has 2 aliphatic rings. The van der Waals surface area contributed by atoms with Crippen LogP contribution >= 0.6 is 0 Å². The Morgan fingerprint density at radius 1 is 1.19 bits per heavy atom. The van der Waals surface area contributed by atoms with Crippen molar-refractivity contribution < 1.29 is 14.7 Å². The van der Waals surface area contributed by atoms with E-state index in [0.717, 1.165) is 5.56 Å². The Hall–Kier alpha value is -2.14. The molecule has 3 rings (SSSR count). The molecule has 2 aliphatic carbocycles. The van der Waals surface area contributed by atoms with Gasteiger partial charge in [0.05, 0.1) is 11.3 Å². The first-order valence-corrected chi connectivity index (χ1v) is 7.10. The minimum atomic E-state index is -0.774. The second kappa shape index (κ2) is 5.00. The van der Waals surface area contributed by atoms with Gasteiger partial charge in [0.15, 0.2) is 0 Å². The normalized spacial score (nSPS) is 25.6.